The van der Waals surface area contributed by atoms with Crippen molar-refractivity contribution in [1.29, 1.82) is 0 Å². The fourth-order valence-corrected chi connectivity index (χ4v) is 4.56. The Kier molecular flexibility index (Phi) is 6.36. The molecule has 1 aliphatic heterocycles. The maximum atomic E-state index is 13.5. The number of benzene rings is 1. The van der Waals surface area contributed by atoms with Crippen molar-refractivity contribution in [3.8, 4) is 11.3 Å². The van der Waals surface area contributed by atoms with E-state index in [0.717, 1.165) is 60.5 Å². The Morgan fingerprint density at radius 3 is 2.56 bits per heavy atom. The van der Waals surface area contributed by atoms with Crippen LogP contribution >= 0.6 is 0 Å². The summed E-state index contributed by atoms with van der Waals surface area (Å²) in [6.07, 6.45) is 5.44. The average molecular weight is 455 g/mol. The van der Waals surface area contributed by atoms with Crippen molar-refractivity contribution in [2.24, 2.45) is 0 Å². The van der Waals surface area contributed by atoms with Gasteiger partial charge < -0.3 is 5.32 Å². The molecular formula is C27H30N6O. The number of pyridine rings is 2. The van der Waals surface area contributed by atoms with E-state index in [4.69, 9.17) is 4.98 Å². The highest BCUT2D eigenvalue weighted by Gasteiger charge is 2.24. The van der Waals surface area contributed by atoms with Crippen LogP contribution in [0.3, 0.4) is 0 Å². The van der Waals surface area contributed by atoms with Gasteiger partial charge in [-0.1, -0.05) is 36.4 Å². The van der Waals surface area contributed by atoms with Crippen LogP contribution in [-0.4, -0.2) is 49.7 Å². The average Bonchev–Trinajstić information content (AvgIpc) is 3.30. The second kappa shape index (κ2) is 9.73. The highest BCUT2D eigenvalue weighted by molar-refractivity contribution is 6.06. The Hall–Kier alpha value is -3.58. The van der Waals surface area contributed by atoms with Gasteiger partial charge in [-0.25, -0.2) is 9.67 Å². The number of piperidine rings is 1. The molecule has 1 saturated heterocycles. The number of hydrogen-bond donors (Lipinski definition) is 1. The molecule has 5 rings (SSSR count). The lowest BCUT2D eigenvalue weighted by Gasteiger charge is -2.32. The molecule has 1 aliphatic rings. The van der Waals surface area contributed by atoms with Gasteiger partial charge >= 0.3 is 0 Å². The number of hydrogen-bond acceptors (Lipinski definition) is 5. The predicted molar refractivity (Wildman–Crippen MR) is 133 cm³/mol. The van der Waals surface area contributed by atoms with E-state index in [9.17, 15) is 4.79 Å². The van der Waals surface area contributed by atoms with E-state index in [-0.39, 0.29) is 18.0 Å². The van der Waals surface area contributed by atoms with Crippen molar-refractivity contribution >= 4 is 16.9 Å². The highest BCUT2D eigenvalue weighted by atomic mass is 16.1. The van der Waals surface area contributed by atoms with Gasteiger partial charge in [-0.2, -0.15) is 5.10 Å². The molecule has 7 nitrogen and oxygen atoms in total. The van der Waals surface area contributed by atoms with E-state index in [1.165, 1.54) is 0 Å². The second-order valence-electron chi connectivity index (χ2n) is 9.19. The zero-order valence-corrected chi connectivity index (χ0v) is 19.7. The van der Waals surface area contributed by atoms with Crippen LogP contribution in [0, 0.1) is 0 Å². The smallest absolute Gasteiger partial charge is 0.252 e. The zero-order valence-electron chi connectivity index (χ0n) is 19.7. The van der Waals surface area contributed by atoms with Crippen LogP contribution in [0.5, 0.6) is 0 Å². The molecule has 0 aliphatic carbocycles. The largest absolute Gasteiger partial charge is 0.349 e. The molecule has 1 aromatic carbocycles. The number of carbonyl (C=O) groups is 1. The Labute approximate surface area is 199 Å². The monoisotopic (exact) mass is 454 g/mol. The summed E-state index contributed by atoms with van der Waals surface area (Å²) in [5.74, 6) is -0.0592. The molecule has 4 heterocycles. The summed E-state index contributed by atoms with van der Waals surface area (Å²) >= 11 is 0. The van der Waals surface area contributed by atoms with Crippen LogP contribution in [0.15, 0.2) is 67.0 Å². The van der Waals surface area contributed by atoms with Crippen LogP contribution in [-0.2, 0) is 6.54 Å². The molecule has 0 spiro atoms. The summed E-state index contributed by atoms with van der Waals surface area (Å²) in [6, 6.07) is 18.2. The molecule has 1 amide bonds. The summed E-state index contributed by atoms with van der Waals surface area (Å²) in [4.78, 5) is 25.2. The third-order valence-electron chi connectivity index (χ3n) is 6.40. The number of likely N-dealkylation sites (tertiary alicyclic amines) is 1. The zero-order chi connectivity index (χ0) is 23.5. The van der Waals surface area contributed by atoms with Crippen molar-refractivity contribution in [3.63, 3.8) is 0 Å². The molecule has 174 valence electrons. The lowest BCUT2D eigenvalue weighted by atomic mass is 10.0. The number of nitrogens with zero attached hydrogens (tertiary/aromatic N) is 5. The molecule has 1 fully saturated rings. The number of carbonyl (C=O) groups excluding carboxylic acids is 1. The van der Waals surface area contributed by atoms with E-state index in [2.05, 4.69) is 40.2 Å². The first kappa shape index (κ1) is 22.2. The first-order chi connectivity index (χ1) is 16.6. The Morgan fingerprint density at radius 1 is 1.09 bits per heavy atom. The second-order valence-corrected chi connectivity index (χ2v) is 9.19. The summed E-state index contributed by atoms with van der Waals surface area (Å²) in [7, 11) is 0. The van der Waals surface area contributed by atoms with Gasteiger partial charge in [0.25, 0.3) is 5.91 Å². The van der Waals surface area contributed by atoms with Crippen LogP contribution < -0.4 is 5.32 Å². The minimum atomic E-state index is -0.0592. The van der Waals surface area contributed by atoms with E-state index in [1.807, 2.05) is 59.4 Å². The van der Waals surface area contributed by atoms with Crippen LogP contribution in [0.25, 0.3) is 22.3 Å². The molecule has 4 aromatic rings. The highest BCUT2D eigenvalue weighted by Crippen LogP contribution is 2.26. The Bertz CT molecular complexity index is 1260. The molecule has 0 radical (unpaired) electrons. The minimum absolute atomic E-state index is 0.0592. The molecule has 7 heteroatoms. The minimum Gasteiger partial charge on any atom is -0.349 e. The van der Waals surface area contributed by atoms with E-state index in [1.54, 1.807) is 6.20 Å². The van der Waals surface area contributed by atoms with E-state index >= 15 is 0 Å². The van der Waals surface area contributed by atoms with Crippen molar-refractivity contribution in [3.05, 3.63) is 78.2 Å². The summed E-state index contributed by atoms with van der Waals surface area (Å²) in [5.41, 5.74) is 4.22. The normalized spacial score (nSPS) is 15.1. The Morgan fingerprint density at radius 2 is 1.85 bits per heavy atom. The van der Waals surface area contributed by atoms with Gasteiger partial charge in [0.1, 0.15) is 0 Å². The van der Waals surface area contributed by atoms with Gasteiger partial charge in [0.05, 0.1) is 28.5 Å². The van der Waals surface area contributed by atoms with E-state index < -0.39 is 0 Å². The summed E-state index contributed by atoms with van der Waals surface area (Å²) in [6.45, 7) is 6.87. The standard InChI is InChI=1S/C27H30N6O/c1-19(2)33-26-24(17-29-33)23(16-25(31-26)20-8-4-3-5-9-20)27(34)30-21-11-14-32(15-12-21)18-22-10-6-7-13-28-22/h3-10,13,16-17,19,21H,11-12,14-15,18H2,1-2H3,(H,30,34). The molecule has 0 saturated carbocycles. The van der Waals surface area contributed by atoms with Gasteiger partial charge in [-0.15, -0.1) is 0 Å². The number of aromatic nitrogens is 4. The lowest BCUT2D eigenvalue weighted by molar-refractivity contribution is 0.0910. The fraction of sp³-hybridized carbons (Fsp3) is 0.333. The number of nitrogens with one attached hydrogen (secondary N) is 1. The van der Waals surface area contributed by atoms with Gasteiger partial charge in [0.2, 0.25) is 0 Å². The third kappa shape index (κ3) is 4.70. The quantitative estimate of drug-likeness (QED) is 0.465. The van der Waals surface area contributed by atoms with Gasteiger partial charge in [-0.05, 0) is 44.9 Å². The summed E-state index contributed by atoms with van der Waals surface area (Å²) in [5, 5.41) is 8.60. The fourth-order valence-electron chi connectivity index (χ4n) is 4.56. The van der Waals surface area contributed by atoms with Crippen LogP contribution in [0.2, 0.25) is 0 Å². The van der Waals surface area contributed by atoms with Gasteiger partial charge in [0, 0.05) is 43.5 Å². The lowest BCUT2D eigenvalue weighted by Crippen LogP contribution is -2.44. The van der Waals surface area contributed by atoms with Crippen molar-refractivity contribution in [1.82, 2.24) is 30.0 Å². The first-order valence-electron chi connectivity index (χ1n) is 12.0. The predicted octanol–water partition coefficient (Wildman–Crippen LogP) is 4.47. The number of amides is 1. The third-order valence-corrected chi connectivity index (χ3v) is 6.40. The molecule has 0 atom stereocenters. The van der Waals surface area contributed by atoms with Crippen molar-refractivity contribution in [2.75, 3.05) is 13.1 Å². The molecule has 34 heavy (non-hydrogen) atoms. The molecule has 0 bridgehead atoms. The maximum Gasteiger partial charge on any atom is 0.252 e. The molecule has 3 aromatic heterocycles. The van der Waals surface area contributed by atoms with E-state index in [0.29, 0.717) is 5.56 Å². The van der Waals surface area contributed by atoms with Crippen LogP contribution in [0.4, 0.5) is 0 Å². The van der Waals surface area contributed by atoms with Crippen LogP contribution in [0.1, 0.15) is 48.8 Å². The molecule has 0 unspecified atom stereocenters. The van der Waals surface area contributed by atoms with Gasteiger partial charge in [0.15, 0.2) is 5.65 Å². The first-order valence-corrected chi connectivity index (χ1v) is 12.0. The number of rotatable bonds is 6. The SMILES string of the molecule is CC(C)n1ncc2c(C(=O)NC3CCN(Cc4ccccn4)CC3)cc(-c3ccccc3)nc21. The van der Waals surface area contributed by atoms with Gasteiger partial charge in [-0.3, -0.25) is 14.7 Å². The Balaban J connectivity index is 1.35. The topological polar surface area (TPSA) is 75.9 Å². The molecule has 1 N–H and O–H groups in total. The summed E-state index contributed by atoms with van der Waals surface area (Å²) < 4.78 is 1.88. The van der Waals surface area contributed by atoms with Crippen molar-refractivity contribution in [2.45, 2.75) is 45.3 Å². The maximum absolute atomic E-state index is 13.5. The molecular weight excluding hydrogens is 424 g/mol. The number of fused-ring (bicyclic) bond motifs is 1. The van der Waals surface area contributed by atoms with Crippen molar-refractivity contribution < 1.29 is 4.79 Å².